The topological polar surface area (TPSA) is 186 Å². The lowest BCUT2D eigenvalue weighted by molar-refractivity contribution is -0.385. The zero-order chi connectivity index (χ0) is 42.1. The minimum atomic E-state index is -0.464. The van der Waals surface area contributed by atoms with Gasteiger partial charge in [-0.25, -0.2) is 4.68 Å². The number of hydrogen-bond acceptors (Lipinski definition) is 12. The summed E-state index contributed by atoms with van der Waals surface area (Å²) in [7, 11) is 3.06. The number of methoxy groups -OCH3 is 1. The molecule has 0 aliphatic carbocycles. The quantitative estimate of drug-likeness (QED) is 0.0437. The highest BCUT2D eigenvalue weighted by Gasteiger charge is 2.29. The standard InChI is InChI=1S/C43H54N6O10.CH4/c1-30(2)35-26-38(55-4)39(27-37(35)49(53)54)59-29-32(50)13-11-20-56-22-24-58-25-23-57-21-19-48-43-33-14-6-5-12-31(33)28-47(41(52)18-10-9-17-40(51)44-3)36-16-8-7-15-34(36)42(43)45-46-48;/h5-8,12,14-16,26-27,30H,9-11,13,17-25,28-29H2,1-4H3,(H,44,51);1H4. The fourth-order valence-electron chi connectivity index (χ4n) is 6.77. The predicted molar refractivity (Wildman–Crippen MR) is 227 cm³/mol. The Morgan fingerprint density at radius 1 is 0.850 bits per heavy atom. The number of nitro benzene ring substituents is 1. The number of carbonyl (C=O) groups excluding carboxylic acids is 3. The van der Waals surface area contributed by atoms with Crippen LogP contribution in [0.3, 0.4) is 0 Å². The van der Waals surface area contributed by atoms with E-state index in [4.69, 9.17) is 23.7 Å². The van der Waals surface area contributed by atoms with Gasteiger partial charge >= 0.3 is 0 Å². The number of nitrogens with zero attached hydrogens (tertiary/aromatic N) is 5. The van der Waals surface area contributed by atoms with Crippen molar-refractivity contribution in [3.05, 3.63) is 81.9 Å². The van der Waals surface area contributed by atoms with Crippen molar-refractivity contribution < 1.29 is 43.0 Å². The van der Waals surface area contributed by atoms with Gasteiger partial charge in [0, 0.05) is 49.6 Å². The van der Waals surface area contributed by atoms with E-state index in [2.05, 4.69) is 15.6 Å². The Balaban J connectivity index is 0.00000794. The molecule has 0 saturated carbocycles. The van der Waals surface area contributed by atoms with Gasteiger partial charge in [-0.2, -0.15) is 0 Å². The number of benzene rings is 3. The molecule has 16 heteroatoms. The predicted octanol–water partition coefficient (Wildman–Crippen LogP) is 6.92. The molecule has 60 heavy (non-hydrogen) atoms. The highest BCUT2D eigenvalue weighted by Crippen LogP contribution is 2.41. The highest BCUT2D eigenvalue weighted by molar-refractivity contribution is 6.00. The lowest BCUT2D eigenvalue weighted by Crippen LogP contribution is -2.31. The number of rotatable bonds is 24. The molecule has 1 N–H and O–H groups in total. The Hall–Kier alpha value is -5.71. The van der Waals surface area contributed by atoms with E-state index < -0.39 is 4.92 Å². The maximum atomic E-state index is 13.7. The number of amides is 2. The van der Waals surface area contributed by atoms with Crippen LogP contribution < -0.4 is 19.7 Å². The Morgan fingerprint density at radius 3 is 2.22 bits per heavy atom. The maximum Gasteiger partial charge on any atom is 0.276 e. The van der Waals surface area contributed by atoms with Gasteiger partial charge in [-0.15, -0.1) is 5.10 Å². The van der Waals surface area contributed by atoms with Gasteiger partial charge in [0.05, 0.1) is 75.6 Å². The van der Waals surface area contributed by atoms with Crippen molar-refractivity contribution in [1.29, 1.82) is 0 Å². The van der Waals surface area contributed by atoms with Gasteiger partial charge in [0.2, 0.25) is 11.8 Å². The maximum absolute atomic E-state index is 13.7. The first kappa shape index (κ1) is 47.0. The minimum absolute atomic E-state index is 0. The molecular weight excluding hydrogens is 773 g/mol. The van der Waals surface area contributed by atoms with E-state index in [1.165, 1.54) is 13.2 Å². The molecule has 0 atom stereocenters. The molecular formula is C44H58N6O10. The molecule has 324 valence electrons. The molecule has 0 saturated heterocycles. The number of fused-ring (bicyclic) bond motifs is 5. The highest BCUT2D eigenvalue weighted by atomic mass is 16.6. The second-order valence-electron chi connectivity index (χ2n) is 14.3. The van der Waals surface area contributed by atoms with E-state index in [1.54, 1.807) is 13.1 Å². The monoisotopic (exact) mass is 830 g/mol. The zero-order valence-electron chi connectivity index (χ0n) is 34.3. The first-order valence-electron chi connectivity index (χ1n) is 20.0. The third-order valence-corrected chi connectivity index (χ3v) is 9.87. The van der Waals surface area contributed by atoms with Gasteiger partial charge in [-0.05, 0) is 42.9 Å². The Kier molecular flexibility index (Phi) is 18.6. The van der Waals surface area contributed by atoms with Crippen molar-refractivity contribution in [1.82, 2.24) is 20.3 Å². The summed E-state index contributed by atoms with van der Waals surface area (Å²) < 4.78 is 29.9. The summed E-state index contributed by atoms with van der Waals surface area (Å²) in [5.74, 6) is 0.201. The summed E-state index contributed by atoms with van der Waals surface area (Å²) in [6, 6.07) is 18.6. The molecule has 2 amide bonds. The first-order valence-corrected chi connectivity index (χ1v) is 20.0. The fourth-order valence-corrected chi connectivity index (χ4v) is 6.77. The van der Waals surface area contributed by atoms with Crippen molar-refractivity contribution in [2.45, 2.75) is 78.8 Å². The Labute approximate surface area is 351 Å². The van der Waals surface area contributed by atoms with Crippen LogP contribution in [0.2, 0.25) is 0 Å². The summed E-state index contributed by atoms with van der Waals surface area (Å²) in [5.41, 5.74) is 5.51. The van der Waals surface area contributed by atoms with Crippen LogP contribution in [0.1, 0.15) is 76.8 Å². The van der Waals surface area contributed by atoms with E-state index in [9.17, 15) is 24.5 Å². The normalized spacial score (nSPS) is 11.7. The van der Waals surface area contributed by atoms with E-state index in [0.717, 1.165) is 28.1 Å². The van der Waals surface area contributed by atoms with Crippen LogP contribution in [0.25, 0.3) is 22.5 Å². The molecule has 1 aliphatic rings. The van der Waals surface area contributed by atoms with Crippen molar-refractivity contribution in [3.63, 3.8) is 0 Å². The van der Waals surface area contributed by atoms with Crippen molar-refractivity contribution in [3.8, 4) is 34.0 Å². The van der Waals surface area contributed by atoms with Crippen molar-refractivity contribution in [2.24, 2.45) is 0 Å². The molecule has 4 aromatic rings. The van der Waals surface area contributed by atoms with E-state index in [-0.39, 0.29) is 55.4 Å². The van der Waals surface area contributed by atoms with Gasteiger partial charge in [0.15, 0.2) is 17.3 Å². The molecule has 1 aliphatic heterocycles. The summed E-state index contributed by atoms with van der Waals surface area (Å²) in [5, 5.41) is 23.3. The van der Waals surface area contributed by atoms with Crippen LogP contribution in [0.15, 0.2) is 60.7 Å². The van der Waals surface area contributed by atoms with Crippen LogP contribution in [0.5, 0.6) is 11.5 Å². The molecule has 0 fully saturated rings. The number of para-hydroxylation sites is 1. The first-order chi connectivity index (χ1) is 28.6. The number of anilines is 1. The number of nitrogens with one attached hydrogen (secondary N) is 1. The average Bonchev–Trinajstić information content (AvgIpc) is 3.65. The summed E-state index contributed by atoms with van der Waals surface area (Å²) in [6.45, 7) is 6.55. The van der Waals surface area contributed by atoms with Crippen LogP contribution in [-0.2, 0) is 41.7 Å². The lowest BCUT2D eigenvalue weighted by Gasteiger charge is -2.28. The van der Waals surface area contributed by atoms with Crippen LogP contribution in [-0.4, -0.2) is 97.9 Å². The molecule has 0 radical (unpaired) electrons. The van der Waals surface area contributed by atoms with Crippen LogP contribution in [0.4, 0.5) is 11.4 Å². The Morgan fingerprint density at radius 2 is 1.52 bits per heavy atom. The van der Waals surface area contributed by atoms with E-state index in [1.807, 2.05) is 72.0 Å². The molecule has 0 spiro atoms. The lowest BCUT2D eigenvalue weighted by atomic mass is 9.95. The third-order valence-electron chi connectivity index (χ3n) is 9.87. The Bertz CT molecular complexity index is 2050. The molecule has 0 bridgehead atoms. The van der Waals surface area contributed by atoms with E-state index >= 15 is 0 Å². The second kappa shape index (κ2) is 23.8. The molecule has 3 aromatic carbocycles. The molecule has 2 heterocycles. The van der Waals surface area contributed by atoms with Gasteiger partial charge < -0.3 is 33.9 Å². The number of ketones is 1. The van der Waals surface area contributed by atoms with Gasteiger partial charge in [-0.3, -0.25) is 24.5 Å². The molecule has 0 unspecified atom stereocenters. The van der Waals surface area contributed by atoms with Crippen LogP contribution in [0, 0.1) is 10.1 Å². The number of nitro groups is 1. The SMILES string of the molecule is C.CNC(=O)CCCCC(=O)N1Cc2ccccc2-c2c(nnn2CCOCCOCCOCCCC(=O)COc2cc([N+](=O)[O-])c(C(C)C)cc2OC)-c2ccccc21. The number of aromatic nitrogens is 3. The van der Waals surface area contributed by atoms with Gasteiger partial charge in [-0.1, -0.05) is 69.0 Å². The number of unbranched alkanes of at least 4 members (excludes halogenated alkanes) is 1. The number of carbonyl (C=O) groups is 3. The number of hydrogen-bond donors (Lipinski definition) is 1. The summed E-state index contributed by atoms with van der Waals surface area (Å²) in [4.78, 5) is 50.6. The molecule has 1 aromatic heterocycles. The number of Topliss-reactive ketones (excluding diaryl/α,β-unsaturated/α-hetero) is 1. The third kappa shape index (κ3) is 12.6. The van der Waals surface area contributed by atoms with E-state index in [0.29, 0.717) is 102 Å². The minimum Gasteiger partial charge on any atom is -0.493 e. The second-order valence-corrected chi connectivity index (χ2v) is 14.3. The largest absolute Gasteiger partial charge is 0.493 e. The van der Waals surface area contributed by atoms with Crippen LogP contribution >= 0.6 is 0 Å². The summed E-state index contributed by atoms with van der Waals surface area (Å²) in [6.07, 6.45) is 2.69. The zero-order valence-corrected chi connectivity index (χ0v) is 34.3. The number of ether oxygens (including phenoxy) is 5. The van der Waals surface area contributed by atoms with Crippen molar-refractivity contribution in [2.75, 3.05) is 65.3 Å². The van der Waals surface area contributed by atoms with Crippen molar-refractivity contribution >= 4 is 29.0 Å². The van der Waals surface area contributed by atoms with Gasteiger partial charge in [0.1, 0.15) is 12.3 Å². The fraction of sp³-hybridized carbons (Fsp3) is 0.477. The molecule has 5 rings (SSSR count). The van der Waals surface area contributed by atoms with Gasteiger partial charge in [0.25, 0.3) is 5.69 Å². The summed E-state index contributed by atoms with van der Waals surface area (Å²) >= 11 is 0. The average molecular weight is 831 g/mol. The smallest absolute Gasteiger partial charge is 0.276 e. The molecule has 16 nitrogen and oxygen atoms in total.